The first kappa shape index (κ1) is 15.5. The van der Waals surface area contributed by atoms with Gasteiger partial charge in [-0.25, -0.2) is 9.67 Å². The van der Waals surface area contributed by atoms with Crippen molar-refractivity contribution in [3.63, 3.8) is 0 Å². The molecule has 0 fully saturated rings. The van der Waals surface area contributed by atoms with Gasteiger partial charge in [-0.2, -0.15) is 0 Å². The summed E-state index contributed by atoms with van der Waals surface area (Å²) in [5.74, 6) is 0.359. The number of carbonyl (C=O) groups is 1. The number of halogens is 1. The molecule has 1 amide bonds. The Morgan fingerprint density at radius 1 is 1.43 bits per heavy atom. The molecule has 0 aliphatic rings. The average Bonchev–Trinajstić information content (AvgIpc) is 2.81. The second-order valence-electron chi connectivity index (χ2n) is 4.76. The highest BCUT2D eigenvalue weighted by Gasteiger charge is 2.14. The maximum atomic E-state index is 11.9. The lowest BCUT2D eigenvalue weighted by Gasteiger charge is -2.04. The van der Waals surface area contributed by atoms with Gasteiger partial charge in [-0.05, 0) is 44.5 Å². The van der Waals surface area contributed by atoms with E-state index in [1.54, 1.807) is 42.8 Å². The molecule has 1 aromatic heterocycles. The van der Waals surface area contributed by atoms with Gasteiger partial charge in [0.15, 0.2) is 0 Å². The number of nitrogens with one attached hydrogen (secondary N) is 1. The molecule has 1 unspecified atom stereocenters. The van der Waals surface area contributed by atoms with Gasteiger partial charge in [-0.3, -0.25) is 4.79 Å². The van der Waals surface area contributed by atoms with E-state index in [1.807, 2.05) is 0 Å². The summed E-state index contributed by atoms with van der Waals surface area (Å²) in [6.07, 6.45) is 0.0365. The number of amides is 1. The molecule has 7 heteroatoms. The summed E-state index contributed by atoms with van der Waals surface area (Å²) in [4.78, 5) is 16.1. The highest BCUT2D eigenvalue weighted by molar-refractivity contribution is 6.30. The molecule has 112 valence electrons. The lowest BCUT2D eigenvalue weighted by Crippen LogP contribution is -2.27. The van der Waals surface area contributed by atoms with Crippen LogP contribution in [0.15, 0.2) is 24.3 Å². The van der Waals surface area contributed by atoms with Crippen LogP contribution in [0.25, 0.3) is 5.69 Å². The molecule has 21 heavy (non-hydrogen) atoms. The molecule has 0 bridgehead atoms. The molecule has 0 saturated heterocycles. The van der Waals surface area contributed by atoms with Crippen LogP contribution >= 0.6 is 11.6 Å². The Kier molecular flexibility index (Phi) is 4.93. The summed E-state index contributed by atoms with van der Waals surface area (Å²) >= 11 is 5.85. The monoisotopic (exact) mass is 308 g/mol. The zero-order valence-electron chi connectivity index (χ0n) is 11.9. The Morgan fingerprint density at radius 3 is 2.71 bits per heavy atom. The number of aryl methyl sites for hydroxylation is 1. The smallest absolute Gasteiger partial charge is 0.290 e. The van der Waals surface area contributed by atoms with Crippen LogP contribution in [0.4, 0.5) is 0 Å². The van der Waals surface area contributed by atoms with Crippen LogP contribution in [-0.4, -0.2) is 38.4 Å². The number of aromatic nitrogens is 3. The van der Waals surface area contributed by atoms with Crippen LogP contribution in [0.5, 0.6) is 0 Å². The second-order valence-corrected chi connectivity index (χ2v) is 5.20. The Labute approximate surface area is 127 Å². The summed E-state index contributed by atoms with van der Waals surface area (Å²) < 4.78 is 1.58. The van der Waals surface area contributed by atoms with Crippen molar-refractivity contribution in [3.05, 3.63) is 40.9 Å². The van der Waals surface area contributed by atoms with Crippen LogP contribution in [0.3, 0.4) is 0 Å². The van der Waals surface area contributed by atoms with Crippen LogP contribution in [0.2, 0.25) is 5.02 Å². The molecule has 0 aliphatic heterocycles. The molecule has 6 nitrogen and oxygen atoms in total. The molecule has 2 aromatic rings. The highest BCUT2D eigenvalue weighted by atomic mass is 35.5. The van der Waals surface area contributed by atoms with Crippen LogP contribution in [0, 0.1) is 6.92 Å². The standard InChI is InChI=1S/C14H17ClN4O2/c1-9(20)7-8-16-14(21)13-17-10(2)19(18-13)12-5-3-11(15)4-6-12/h3-6,9,20H,7-8H2,1-2H3,(H,16,21). The second kappa shape index (κ2) is 6.69. The molecule has 0 saturated carbocycles. The highest BCUT2D eigenvalue weighted by Crippen LogP contribution is 2.14. The number of carbonyl (C=O) groups excluding carboxylic acids is 1. The number of aliphatic hydroxyl groups excluding tert-OH is 1. The van der Waals surface area contributed by atoms with Crippen molar-refractivity contribution in [3.8, 4) is 5.69 Å². The third-order valence-electron chi connectivity index (χ3n) is 2.89. The maximum absolute atomic E-state index is 11.9. The molecule has 0 aliphatic carbocycles. The van der Waals surface area contributed by atoms with Crippen molar-refractivity contribution in [2.24, 2.45) is 0 Å². The summed E-state index contributed by atoms with van der Waals surface area (Å²) in [6, 6.07) is 7.11. The predicted octanol–water partition coefficient (Wildman–Crippen LogP) is 1.73. The molecule has 0 radical (unpaired) electrons. The van der Waals surface area contributed by atoms with E-state index in [0.717, 1.165) is 5.69 Å². The minimum Gasteiger partial charge on any atom is -0.393 e. The SMILES string of the molecule is Cc1nc(C(=O)NCCC(C)O)nn1-c1ccc(Cl)cc1. The number of nitrogens with zero attached hydrogens (tertiary/aromatic N) is 3. The molecule has 2 N–H and O–H groups in total. The van der Waals surface area contributed by atoms with Crippen molar-refractivity contribution in [1.82, 2.24) is 20.1 Å². The molecule has 1 atom stereocenters. The minimum absolute atomic E-state index is 0.105. The van der Waals surface area contributed by atoms with Crippen LogP contribution < -0.4 is 5.32 Å². The van der Waals surface area contributed by atoms with Gasteiger partial charge in [0.25, 0.3) is 5.91 Å². The molecule has 0 spiro atoms. The average molecular weight is 309 g/mol. The quantitative estimate of drug-likeness (QED) is 0.881. The summed E-state index contributed by atoms with van der Waals surface area (Å²) in [6.45, 7) is 3.82. The fourth-order valence-electron chi connectivity index (χ4n) is 1.79. The first-order valence-electron chi connectivity index (χ1n) is 6.63. The lowest BCUT2D eigenvalue weighted by atomic mass is 10.3. The minimum atomic E-state index is -0.452. The topological polar surface area (TPSA) is 80.0 Å². The van der Waals surface area contributed by atoms with E-state index in [1.165, 1.54) is 0 Å². The van der Waals surface area contributed by atoms with Gasteiger partial charge in [-0.1, -0.05) is 11.6 Å². The van der Waals surface area contributed by atoms with Crippen molar-refractivity contribution < 1.29 is 9.90 Å². The van der Waals surface area contributed by atoms with E-state index in [2.05, 4.69) is 15.4 Å². The molecule has 1 aromatic carbocycles. The van der Waals surface area contributed by atoms with E-state index < -0.39 is 6.10 Å². The normalized spacial score (nSPS) is 12.2. The third kappa shape index (κ3) is 4.03. The van der Waals surface area contributed by atoms with E-state index in [-0.39, 0.29) is 11.7 Å². The lowest BCUT2D eigenvalue weighted by molar-refractivity contribution is 0.0935. The summed E-state index contributed by atoms with van der Waals surface area (Å²) in [5, 5.41) is 16.7. The Hall–Kier alpha value is -1.92. The fraction of sp³-hybridized carbons (Fsp3) is 0.357. The van der Waals surface area contributed by atoms with Crippen LogP contribution in [-0.2, 0) is 0 Å². The molecular weight excluding hydrogens is 292 g/mol. The van der Waals surface area contributed by atoms with Gasteiger partial charge in [0.2, 0.25) is 5.82 Å². The van der Waals surface area contributed by atoms with E-state index >= 15 is 0 Å². The molecular formula is C14H17ClN4O2. The molecule has 2 rings (SSSR count). The van der Waals surface area contributed by atoms with Gasteiger partial charge >= 0.3 is 0 Å². The van der Waals surface area contributed by atoms with Crippen LogP contribution in [0.1, 0.15) is 29.8 Å². The number of aliphatic hydroxyl groups is 1. The van der Waals surface area contributed by atoms with Gasteiger partial charge in [0, 0.05) is 11.6 Å². The van der Waals surface area contributed by atoms with Crippen molar-refractivity contribution >= 4 is 17.5 Å². The van der Waals surface area contributed by atoms with Crippen molar-refractivity contribution in [1.29, 1.82) is 0 Å². The van der Waals surface area contributed by atoms with Crippen molar-refractivity contribution in [2.45, 2.75) is 26.4 Å². The Balaban J connectivity index is 2.11. The summed E-state index contributed by atoms with van der Waals surface area (Å²) in [7, 11) is 0. The fourth-order valence-corrected chi connectivity index (χ4v) is 1.91. The number of hydrogen-bond donors (Lipinski definition) is 2. The van der Waals surface area contributed by atoms with E-state index in [4.69, 9.17) is 16.7 Å². The Morgan fingerprint density at radius 2 is 2.10 bits per heavy atom. The van der Waals surface area contributed by atoms with E-state index in [0.29, 0.717) is 23.8 Å². The molecule has 1 heterocycles. The largest absolute Gasteiger partial charge is 0.393 e. The van der Waals surface area contributed by atoms with Gasteiger partial charge in [0.05, 0.1) is 11.8 Å². The van der Waals surface area contributed by atoms with Crippen molar-refractivity contribution in [2.75, 3.05) is 6.54 Å². The number of hydrogen-bond acceptors (Lipinski definition) is 4. The summed E-state index contributed by atoms with van der Waals surface area (Å²) in [5.41, 5.74) is 0.785. The maximum Gasteiger partial charge on any atom is 0.290 e. The first-order chi connectivity index (χ1) is 9.97. The van der Waals surface area contributed by atoms with Gasteiger partial charge < -0.3 is 10.4 Å². The first-order valence-corrected chi connectivity index (χ1v) is 7.01. The number of benzene rings is 1. The van der Waals surface area contributed by atoms with E-state index in [9.17, 15) is 4.79 Å². The zero-order valence-corrected chi connectivity index (χ0v) is 12.6. The zero-order chi connectivity index (χ0) is 15.4. The third-order valence-corrected chi connectivity index (χ3v) is 3.14. The van der Waals surface area contributed by atoms with Gasteiger partial charge in [-0.15, -0.1) is 5.10 Å². The van der Waals surface area contributed by atoms with Gasteiger partial charge in [0.1, 0.15) is 5.82 Å². The number of rotatable bonds is 5. The Bertz CT molecular complexity index is 622. The predicted molar refractivity (Wildman–Crippen MR) is 79.7 cm³/mol.